The minimum absolute atomic E-state index is 0.121. The number of pyridine rings is 1. The van der Waals surface area contributed by atoms with Gasteiger partial charge in [-0.2, -0.15) is 0 Å². The number of nitrogens with zero attached hydrogens (tertiary/aromatic N) is 1. The van der Waals surface area contributed by atoms with Gasteiger partial charge in [0.05, 0.1) is 5.41 Å². The maximum atomic E-state index is 12.0. The Morgan fingerprint density at radius 2 is 2.35 bits per heavy atom. The number of hydrogen-bond acceptors (Lipinski definition) is 3. The van der Waals surface area contributed by atoms with Crippen molar-refractivity contribution in [3.8, 4) is 0 Å². The van der Waals surface area contributed by atoms with Crippen molar-refractivity contribution in [1.82, 2.24) is 10.3 Å². The molecule has 0 bridgehead atoms. The molecule has 3 N–H and O–H groups in total. The van der Waals surface area contributed by atoms with Crippen LogP contribution < -0.4 is 11.1 Å². The lowest BCUT2D eigenvalue weighted by atomic mass is 9.68. The van der Waals surface area contributed by atoms with Crippen molar-refractivity contribution in [3.05, 3.63) is 30.1 Å². The monoisotopic (exact) mass is 233 g/mol. The van der Waals surface area contributed by atoms with E-state index in [1.54, 1.807) is 6.20 Å². The molecule has 1 amide bonds. The molecule has 1 aliphatic carbocycles. The van der Waals surface area contributed by atoms with Crippen LogP contribution in [0.2, 0.25) is 0 Å². The van der Waals surface area contributed by atoms with Gasteiger partial charge >= 0.3 is 0 Å². The summed E-state index contributed by atoms with van der Waals surface area (Å²) in [4.78, 5) is 16.0. The summed E-state index contributed by atoms with van der Waals surface area (Å²) in [6.45, 7) is 1.12. The molecule has 0 aromatic carbocycles. The molecule has 1 saturated carbocycles. The molecule has 0 saturated heterocycles. The summed E-state index contributed by atoms with van der Waals surface area (Å²) >= 11 is 0. The summed E-state index contributed by atoms with van der Waals surface area (Å²) in [6.07, 6.45) is 7.38. The quantitative estimate of drug-likeness (QED) is 0.793. The highest BCUT2D eigenvalue weighted by Crippen LogP contribution is 2.39. The number of rotatable bonds is 5. The molecule has 1 heterocycles. The van der Waals surface area contributed by atoms with E-state index >= 15 is 0 Å². The van der Waals surface area contributed by atoms with Gasteiger partial charge in [0, 0.05) is 25.5 Å². The van der Waals surface area contributed by atoms with Crippen LogP contribution in [-0.2, 0) is 11.2 Å². The zero-order valence-corrected chi connectivity index (χ0v) is 9.98. The molecule has 1 aromatic heterocycles. The average Bonchev–Trinajstić information content (AvgIpc) is 2.30. The molecule has 2 rings (SSSR count). The van der Waals surface area contributed by atoms with Gasteiger partial charge in [0.2, 0.25) is 5.91 Å². The Morgan fingerprint density at radius 1 is 1.53 bits per heavy atom. The summed E-state index contributed by atoms with van der Waals surface area (Å²) in [7, 11) is 0. The third kappa shape index (κ3) is 2.64. The Kier molecular flexibility index (Phi) is 3.74. The third-order valence-corrected chi connectivity index (χ3v) is 3.61. The maximum absolute atomic E-state index is 12.0. The highest BCUT2D eigenvalue weighted by molar-refractivity contribution is 5.83. The van der Waals surface area contributed by atoms with Gasteiger partial charge in [-0.05, 0) is 30.9 Å². The molecule has 0 aliphatic heterocycles. The molecular formula is C13H19N3O. The summed E-state index contributed by atoms with van der Waals surface area (Å²) in [5.41, 5.74) is 6.55. The first-order valence-electron chi connectivity index (χ1n) is 6.14. The van der Waals surface area contributed by atoms with Crippen LogP contribution in [-0.4, -0.2) is 24.0 Å². The van der Waals surface area contributed by atoms with Gasteiger partial charge in [0.1, 0.15) is 0 Å². The van der Waals surface area contributed by atoms with Gasteiger partial charge in [-0.25, -0.2) is 0 Å². The largest absolute Gasteiger partial charge is 0.355 e. The summed E-state index contributed by atoms with van der Waals surface area (Å²) < 4.78 is 0. The molecule has 92 valence electrons. The van der Waals surface area contributed by atoms with Crippen LogP contribution in [0.5, 0.6) is 0 Å². The van der Waals surface area contributed by atoms with E-state index in [0.717, 1.165) is 31.2 Å². The molecule has 17 heavy (non-hydrogen) atoms. The molecule has 0 spiro atoms. The Labute approximate surface area is 102 Å². The molecule has 4 heteroatoms. The lowest BCUT2D eigenvalue weighted by Gasteiger charge is -2.39. The van der Waals surface area contributed by atoms with E-state index in [1.165, 1.54) is 0 Å². The normalized spacial score (nSPS) is 17.2. The van der Waals surface area contributed by atoms with Gasteiger partial charge in [-0.1, -0.05) is 12.5 Å². The van der Waals surface area contributed by atoms with Gasteiger partial charge in [0.15, 0.2) is 0 Å². The van der Waals surface area contributed by atoms with E-state index in [0.29, 0.717) is 13.1 Å². The number of amides is 1. The topological polar surface area (TPSA) is 68.0 Å². The lowest BCUT2D eigenvalue weighted by molar-refractivity contribution is -0.135. The van der Waals surface area contributed by atoms with Crippen LogP contribution in [0.25, 0.3) is 0 Å². The number of nitrogens with two attached hydrogens (primary N) is 1. The molecule has 0 unspecified atom stereocenters. The van der Waals surface area contributed by atoms with Gasteiger partial charge in [-0.15, -0.1) is 0 Å². The Balaban J connectivity index is 1.77. The second-order valence-electron chi connectivity index (χ2n) is 4.71. The van der Waals surface area contributed by atoms with Gasteiger partial charge < -0.3 is 11.1 Å². The lowest BCUT2D eigenvalue weighted by Crippen LogP contribution is -2.50. The maximum Gasteiger partial charge on any atom is 0.227 e. The second kappa shape index (κ2) is 5.27. The zero-order valence-electron chi connectivity index (χ0n) is 9.98. The molecule has 0 atom stereocenters. The molecule has 1 aromatic rings. The Bertz CT molecular complexity index is 368. The first-order chi connectivity index (χ1) is 8.27. The predicted molar refractivity (Wildman–Crippen MR) is 66.3 cm³/mol. The molecule has 4 nitrogen and oxygen atoms in total. The minimum atomic E-state index is -0.269. The van der Waals surface area contributed by atoms with Crippen LogP contribution in [0, 0.1) is 5.41 Å². The van der Waals surface area contributed by atoms with E-state index in [-0.39, 0.29) is 11.3 Å². The minimum Gasteiger partial charge on any atom is -0.355 e. The molecule has 1 aliphatic rings. The standard InChI is InChI=1S/C13H19N3O/c14-10-13(5-2-6-13)12(17)16-8-4-11-3-1-7-15-9-11/h1,3,7,9H,2,4-6,8,10,14H2,(H,16,17). The number of nitrogens with one attached hydrogen (secondary N) is 1. The number of hydrogen-bond donors (Lipinski definition) is 2. The van der Waals surface area contributed by atoms with E-state index in [2.05, 4.69) is 10.3 Å². The molecule has 0 radical (unpaired) electrons. The average molecular weight is 233 g/mol. The van der Waals surface area contributed by atoms with Crippen LogP contribution >= 0.6 is 0 Å². The van der Waals surface area contributed by atoms with Crippen LogP contribution in [0.3, 0.4) is 0 Å². The van der Waals surface area contributed by atoms with Crippen molar-refractivity contribution >= 4 is 5.91 Å². The van der Waals surface area contributed by atoms with Crippen molar-refractivity contribution in [3.63, 3.8) is 0 Å². The number of carbonyl (C=O) groups is 1. The van der Waals surface area contributed by atoms with Gasteiger partial charge in [0.25, 0.3) is 0 Å². The Morgan fingerprint density at radius 3 is 2.88 bits per heavy atom. The van der Waals surface area contributed by atoms with E-state index < -0.39 is 0 Å². The predicted octanol–water partition coefficient (Wildman–Crippen LogP) is 0.869. The summed E-state index contributed by atoms with van der Waals surface area (Å²) in [6, 6.07) is 3.92. The molecule has 1 fully saturated rings. The molecular weight excluding hydrogens is 214 g/mol. The fourth-order valence-electron chi connectivity index (χ4n) is 2.18. The van der Waals surface area contributed by atoms with Crippen molar-refractivity contribution in [2.24, 2.45) is 11.1 Å². The summed E-state index contributed by atoms with van der Waals surface area (Å²) in [5.74, 6) is 0.121. The first-order valence-corrected chi connectivity index (χ1v) is 6.14. The van der Waals surface area contributed by atoms with Gasteiger partial charge in [-0.3, -0.25) is 9.78 Å². The number of carbonyl (C=O) groups excluding carboxylic acids is 1. The highest BCUT2D eigenvalue weighted by atomic mass is 16.2. The Hall–Kier alpha value is -1.42. The SMILES string of the molecule is NCC1(C(=O)NCCc2cccnc2)CCC1. The first kappa shape index (κ1) is 12.0. The summed E-state index contributed by atoms with van der Waals surface area (Å²) in [5, 5.41) is 2.98. The smallest absolute Gasteiger partial charge is 0.227 e. The highest BCUT2D eigenvalue weighted by Gasteiger charge is 2.42. The van der Waals surface area contributed by atoms with Crippen molar-refractivity contribution in [2.75, 3.05) is 13.1 Å². The van der Waals surface area contributed by atoms with Crippen molar-refractivity contribution in [2.45, 2.75) is 25.7 Å². The number of aromatic nitrogens is 1. The van der Waals surface area contributed by atoms with E-state index in [1.807, 2.05) is 18.3 Å². The van der Waals surface area contributed by atoms with E-state index in [9.17, 15) is 4.79 Å². The van der Waals surface area contributed by atoms with Crippen LogP contribution in [0.1, 0.15) is 24.8 Å². The zero-order chi connectivity index (χ0) is 12.1. The fraction of sp³-hybridized carbons (Fsp3) is 0.538. The van der Waals surface area contributed by atoms with Crippen molar-refractivity contribution < 1.29 is 4.79 Å². The van der Waals surface area contributed by atoms with Crippen LogP contribution in [0.4, 0.5) is 0 Å². The van der Waals surface area contributed by atoms with E-state index in [4.69, 9.17) is 5.73 Å². The third-order valence-electron chi connectivity index (χ3n) is 3.61. The fourth-order valence-corrected chi connectivity index (χ4v) is 2.18. The second-order valence-corrected chi connectivity index (χ2v) is 4.71. The van der Waals surface area contributed by atoms with Crippen LogP contribution in [0.15, 0.2) is 24.5 Å². The van der Waals surface area contributed by atoms with Crippen molar-refractivity contribution in [1.29, 1.82) is 0 Å².